The molecule has 0 bridgehead atoms. The van der Waals surface area contributed by atoms with Crippen LogP contribution >= 0.6 is 0 Å². The number of ketones is 1. The van der Waals surface area contributed by atoms with E-state index in [1.807, 2.05) is 69.3 Å². The van der Waals surface area contributed by atoms with Crippen LogP contribution in [0.15, 0.2) is 35.9 Å². The van der Waals surface area contributed by atoms with Gasteiger partial charge in [0.25, 0.3) is 0 Å². The van der Waals surface area contributed by atoms with E-state index in [1.165, 1.54) is 0 Å². The molecule has 2 aromatic rings. The molecule has 160 valence electrons. The average Bonchev–Trinajstić information content (AvgIpc) is 2.76. The van der Waals surface area contributed by atoms with Crippen molar-refractivity contribution in [2.24, 2.45) is 0 Å². The van der Waals surface area contributed by atoms with E-state index in [2.05, 4.69) is 0 Å². The van der Waals surface area contributed by atoms with E-state index in [-0.39, 0.29) is 5.78 Å². The van der Waals surface area contributed by atoms with Crippen molar-refractivity contribution in [1.29, 1.82) is 0 Å². The van der Waals surface area contributed by atoms with E-state index in [9.17, 15) is 4.79 Å². The number of methoxy groups -OCH3 is 1. The summed E-state index contributed by atoms with van der Waals surface area (Å²) in [5.41, 5.74) is 2.95. The fraction of sp³-hybridized carbons (Fsp3) is 0.375. The van der Waals surface area contributed by atoms with Crippen molar-refractivity contribution >= 4 is 17.5 Å². The fourth-order valence-electron chi connectivity index (χ4n) is 3.42. The molecule has 0 saturated carbocycles. The number of Topliss-reactive ketones (excluding diaryl/α,β-unsaturated/α-hetero) is 1. The SMILES string of the molecule is CCOc1ccc(C(=O)C(=Cc2ccc3c(c2OC)OCCO3)CC)cc1N(C)C. The van der Waals surface area contributed by atoms with Crippen molar-refractivity contribution in [3.8, 4) is 23.0 Å². The predicted octanol–water partition coefficient (Wildman–Crippen LogP) is 4.61. The molecule has 0 spiro atoms. The highest BCUT2D eigenvalue weighted by Crippen LogP contribution is 2.42. The zero-order valence-electron chi connectivity index (χ0n) is 18.3. The minimum atomic E-state index is -0.0272. The van der Waals surface area contributed by atoms with Crippen LogP contribution in [0.1, 0.15) is 36.2 Å². The van der Waals surface area contributed by atoms with Crippen LogP contribution in [0.2, 0.25) is 0 Å². The van der Waals surface area contributed by atoms with E-state index in [0.29, 0.717) is 54.6 Å². The minimum Gasteiger partial charge on any atom is -0.492 e. The maximum atomic E-state index is 13.3. The van der Waals surface area contributed by atoms with Crippen LogP contribution in [0.3, 0.4) is 0 Å². The number of rotatable bonds is 8. The second kappa shape index (κ2) is 9.57. The van der Waals surface area contributed by atoms with E-state index in [0.717, 1.165) is 17.0 Å². The molecular formula is C24H29NO5. The van der Waals surface area contributed by atoms with Gasteiger partial charge in [0.1, 0.15) is 19.0 Å². The molecule has 0 aliphatic carbocycles. The molecule has 1 aliphatic rings. The summed E-state index contributed by atoms with van der Waals surface area (Å²) >= 11 is 0. The van der Waals surface area contributed by atoms with E-state index in [1.54, 1.807) is 7.11 Å². The van der Waals surface area contributed by atoms with Crippen molar-refractivity contribution in [3.05, 3.63) is 47.0 Å². The van der Waals surface area contributed by atoms with E-state index < -0.39 is 0 Å². The van der Waals surface area contributed by atoms with Crippen LogP contribution in [-0.2, 0) is 0 Å². The van der Waals surface area contributed by atoms with Gasteiger partial charge in [0, 0.05) is 30.8 Å². The maximum Gasteiger partial charge on any atom is 0.204 e. The van der Waals surface area contributed by atoms with Gasteiger partial charge in [0.2, 0.25) is 5.75 Å². The van der Waals surface area contributed by atoms with Crippen molar-refractivity contribution in [1.82, 2.24) is 0 Å². The van der Waals surface area contributed by atoms with Crippen molar-refractivity contribution in [2.45, 2.75) is 20.3 Å². The molecule has 0 saturated heterocycles. The van der Waals surface area contributed by atoms with Gasteiger partial charge in [0.15, 0.2) is 17.3 Å². The van der Waals surface area contributed by atoms with Gasteiger partial charge in [-0.1, -0.05) is 6.92 Å². The summed E-state index contributed by atoms with van der Waals surface area (Å²) in [6, 6.07) is 9.27. The minimum absolute atomic E-state index is 0.0272. The molecule has 0 atom stereocenters. The average molecular weight is 411 g/mol. The summed E-state index contributed by atoms with van der Waals surface area (Å²) in [5.74, 6) is 2.54. The van der Waals surface area contributed by atoms with Crippen LogP contribution in [0.25, 0.3) is 6.08 Å². The highest BCUT2D eigenvalue weighted by molar-refractivity contribution is 6.12. The molecular weight excluding hydrogens is 382 g/mol. The van der Waals surface area contributed by atoms with Gasteiger partial charge in [-0.2, -0.15) is 0 Å². The number of hydrogen-bond acceptors (Lipinski definition) is 6. The molecule has 6 nitrogen and oxygen atoms in total. The van der Waals surface area contributed by atoms with Crippen molar-refractivity contribution in [2.75, 3.05) is 45.9 Å². The standard InChI is InChI=1S/C24H29NO5/c1-6-16(14-18-9-11-21-24(23(18)27-5)30-13-12-29-21)22(26)17-8-10-20(28-7-2)19(15-17)25(3)4/h8-11,14-15H,6-7,12-13H2,1-5H3. The molecule has 0 N–H and O–H groups in total. The lowest BCUT2D eigenvalue weighted by atomic mass is 9.97. The lowest BCUT2D eigenvalue weighted by Crippen LogP contribution is -2.16. The van der Waals surface area contributed by atoms with Crippen LogP contribution in [-0.4, -0.2) is 46.8 Å². The lowest BCUT2D eigenvalue weighted by molar-refractivity contribution is 0.103. The van der Waals surface area contributed by atoms with Crippen molar-refractivity contribution < 1.29 is 23.7 Å². The zero-order valence-corrected chi connectivity index (χ0v) is 18.3. The quantitative estimate of drug-likeness (QED) is 0.467. The number of anilines is 1. The summed E-state index contributed by atoms with van der Waals surface area (Å²) in [6.07, 6.45) is 2.45. The number of benzene rings is 2. The molecule has 2 aromatic carbocycles. The Balaban J connectivity index is 1.99. The summed E-state index contributed by atoms with van der Waals surface area (Å²) in [6.45, 7) is 5.45. The summed E-state index contributed by atoms with van der Waals surface area (Å²) in [5, 5.41) is 0. The number of carbonyl (C=O) groups is 1. The number of ether oxygens (including phenoxy) is 4. The summed E-state index contributed by atoms with van der Waals surface area (Å²) < 4.78 is 22.6. The second-order valence-corrected chi connectivity index (χ2v) is 7.07. The van der Waals surface area contributed by atoms with E-state index >= 15 is 0 Å². The van der Waals surface area contributed by atoms with Gasteiger partial charge in [-0.3, -0.25) is 4.79 Å². The topological polar surface area (TPSA) is 57.2 Å². The third-order valence-corrected chi connectivity index (χ3v) is 4.90. The summed E-state index contributed by atoms with van der Waals surface area (Å²) in [4.78, 5) is 15.2. The largest absolute Gasteiger partial charge is 0.492 e. The smallest absolute Gasteiger partial charge is 0.204 e. The van der Waals surface area contributed by atoms with Gasteiger partial charge >= 0.3 is 0 Å². The first-order valence-electron chi connectivity index (χ1n) is 10.2. The van der Waals surface area contributed by atoms with Gasteiger partial charge in [-0.15, -0.1) is 0 Å². The molecule has 0 amide bonds. The first-order valence-corrected chi connectivity index (χ1v) is 10.2. The Bertz CT molecular complexity index is 949. The number of fused-ring (bicyclic) bond motifs is 1. The van der Waals surface area contributed by atoms with Gasteiger partial charge < -0.3 is 23.8 Å². The number of allylic oxidation sites excluding steroid dienone is 1. The number of nitrogens with zero attached hydrogens (tertiary/aromatic N) is 1. The lowest BCUT2D eigenvalue weighted by Gasteiger charge is -2.21. The maximum absolute atomic E-state index is 13.3. The molecule has 0 radical (unpaired) electrons. The Hall–Kier alpha value is -3.15. The molecule has 1 heterocycles. The Kier molecular flexibility index (Phi) is 6.87. The van der Waals surface area contributed by atoms with Gasteiger partial charge in [0.05, 0.1) is 19.4 Å². The van der Waals surface area contributed by atoms with Gasteiger partial charge in [-0.05, 0) is 49.8 Å². The predicted molar refractivity (Wildman–Crippen MR) is 119 cm³/mol. The Morgan fingerprint density at radius 2 is 1.90 bits per heavy atom. The Morgan fingerprint density at radius 1 is 1.13 bits per heavy atom. The number of hydrogen-bond donors (Lipinski definition) is 0. The van der Waals surface area contributed by atoms with Crippen LogP contribution < -0.4 is 23.8 Å². The highest BCUT2D eigenvalue weighted by Gasteiger charge is 2.21. The Labute approximate surface area is 178 Å². The first kappa shape index (κ1) is 21.6. The van der Waals surface area contributed by atoms with Crippen molar-refractivity contribution in [3.63, 3.8) is 0 Å². The van der Waals surface area contributed by atoms with Crippen LogP contribution in [0, 0.1) is 0 Å². The molecule has 0 fully saturated rings. The number of carbonyl (C=O) groups excluding carboxylic acids is 1. The molecule has 30 heavy (non-hydrogen) atoms. The monoisotopic (exact) mass is 411 g/mol. The molecule has 3 rings (SSSR count). The summed E-state index contributed by atoms with van der Waals surface area (Å²) in [7, 11) is 5.46. The fourth-order valence-corrected chi connectivity index (χ4v) is 3.42. The molecule has 0 aromatic heterocycles. The molecule has 0 unspecified atom stereocenters. The second-order valence-electron chi connectivity index (χ2n) is 7.07. The molecule has 1 aliphatic heterocycles. The van der Waals surface area contributed by atoms with Crippen LogP contribution in [0.5, 0.6) is 23.0 Å². The van der Waals surface area contributed by atoms with Gasteiger partial charge in [-0.25, -0.2) is 0 Å². The highest BCUT2D eigenvalue weighted by atomic mass is 16.6. The van der Waals surface area contributed by atoms with Crippen LogP contribution in [0.4, 0.5) is 5.69 Å². The first-order chi connectivity index (χ1) is 14.5. The zero-order chi connectivity index (χ0) is 21.7. The molecule has 6 heteroatoms. The third kappa shape index (κ3) is 4.37. The normalized spacial score (nSPS) is 13.0. The third-order valence-electron chi connectivity index (χ3n) is 4.90. The van der Waals surface area contributed by atoms with E-state index in [4.69, 9.17) is 18.9 Å². The Morgan fingerprint density at radius 3 is 2.57 bits per heavy atom.